The Bertz CT molecular complexity index is 1320. The number of allylic oxidation sites excluding steroid dienone is 22. The molecular formula is C56H88O5. The SMILES string of the molecule is CC/C=C\C/C=C\C/C=C\C/C=C\C/C=C\C/C=C\C/C=C\C/C=C\C/C=C\C/C=C\CCCCCCCCC(=O)OC(CO)COC(=O)CCCCCCC/C=C\CCC. The standard InChI is InChI=1S/C56H88O5/c1-3-5-7-9-11-13-15-16-17-18-19-20-21-22-23-24-25-26-27-28-29-30-31-32-33-34-35-36-37-38-39-40-41-43-45-47-49-51-56(59)61-54(52-57)53-60-55(58)50-48-46-44-42-14-12-10-8-6-4-2/h5,7-8,10-11,13,16-17,19-20,22-23,25-26,28-29,31-32,34-35,37-38,54,57H,3-4,6,9,12,14-15,18,21,24,27,30,33,36,39-53H2,1-2H3/b7-5-,10-8-,13-11-,17-16-,20-19-,23-22-,26-25-,29-28-,32-31-,35-34-,38-37-. The van der Waals surface area contributed by atoms with Gasteiger partial charge in [0.25, 0.3) is 0 Å². The Kier molecular flexibility index (Phi) is 47.1. The van der Waals surface area contributed by atoms with E-state index in [-0.39, 0.29) is 25.2 Å². The van der Waals surface area contributed by atoms with Gasteiger partial charge in [-0.3, -0.25) is 9.59 Å². The maximum absolute atomic E-state index is 12.2. The molecule has 0 spiro atoms. The maximum Gasteiger partial charge on any atom is 0.306 e. The van der Waals surface area contributed by atoms with Crippen LogP contribution in [0.1, 0.15) is 187 Å². The summed E-state index contributed by atoms with van der Waals surface area (Å²) in [6, 6.07) is 0. The van der Waals surface area contributed by atoms with Crippen molar-refractivity contribution < 1.29 is 24.2 Å². The summed E-state index contributed by atoms with van der Waals surface area (Å²) in [5, 5.41) is 9.56. The van der Waals surface area contributed by atoms with E-state index >= 15 is 0 Å². The van der Waals surface area contributed by atoms with Gasteiger partial charge in [-0.25, -0.2) is 0 Å². The Hall–Kier alpha value is -3.96. The molecule has 0 aromatic heterocycles. The minimum Gasteiger partial charge on any atom is -0.462 e. The van der Waals surface area contributed by atoms with Crippen LogP contribution in [-0.2, 0) is 19.1 Å². The second-order valence-corrected chi connectivity index (χ2v) is 15.4. The minimum absolute atomic E-state index is 0.0843. The summed E-state index contributed by atoms with van der Waals surface area (Å²) in [6.45, 7) is 3.92. The summed E-state index contributed by atoms with van der Waals surface area (Å²) in [7, 11) is 0. The second-order valence-electron chi connectivity index (χ2n) is 15.4. The molecule has 0 rings (SSSR count). The molecule has 0 amide bonds. The molecule has 0 aromatic carbocycles. The molecule has 0 aliphatic heterocycles. The molecule has 1 atom stereocenters. The molecule has 0 aliphatic rings. The molecule has 0 saturated heterocycles. The lowest BCUT2D eigenvalue weighted by molar-refractivity contribution is -0.161. The van der Waals surface area contributed by atoms with Crippen LogP contribution < -0.4 is 0 Å². The molecule has 0 aliphatic carbocycles. The molecule has 0 saturated carbocycles. The quantitative estimate of drug-likeness (QED) is 0.0376. The Morgan fingerprint density at radius 1 is 0.393 bits per heavy atom. The number of unbranched alkanes of at least 4 members (excludes halogenated alkanes) is 12. The summed E-state index contributed by atoms with van der Waals surface area (Å²) >= 11 is 0. The fourth-order valence-corrected chi connectivity index (χ4v) is 6.05. The smallest absolute Gasteiger partial charge is 0.306 e. The first-order chi connectivity index (χ1) is 30.1. The zero-order valence-electron chi connectivity index (χ0n) is 38.9. The van der Waals surface area contributed by atoms with Crippen LogP contribution in [-0.4, -0.2) is 36.4 Å². The van der Waals surface area contributed by atoms with Gasteiger partial charge >= 0.3 is 11.9 Å². The van der Waals surface area contributed by atoms with E-state index < -0.39 is 6.10 Å². The number of rotatable bonds is 42. The van der Waals surface area contributed by atoms with Gasteiger partial charge in [0.05, 0.1) is 6.61 Å². The number of hydrogen-bond acceptors (Lipinski definition) is 5. The molecule has 0 heterocycles. The third-order valence-electron chi connectivity index (χ3n) is 9.66. The Morgan fingerprint density at radius 2 is 0.705 bits per heavy atom. The van der Waals surface area contributed by atoms with Crippen LogP contribution in [0.5, 0.6) is 0 Å². The van der Waals surface area contributed by atoms with Crippen molar-refractivity contribution in [3.63, 3.8) is 0 Å². The number of carbonyl (C=O) groups excluding carboxylic acids is 2. The number of aliphatic hydroxyl groups is 1. The van der Waals surface area contributed by atoms with Crippen LogP contribution in [0.3, 0.4) is 0 Å². The van der Waals surface area contributed by atoms with Crippen LogP contribution >= 0.6 is 0 Å². The molecule has 0 radical (unpaired) electrons. The zero-order chi connectivity index (χ0) is 44.2. The second kappa shape index (κ2) is 50.4. The van der Waals surface area contributed by atoms with Gasteiger partial charge in [-0.15, -0.1) is 0 Å². The van der Waals surface area contributed by atoms with E-state index in [0.717, 1.165) is 122 Å². The molecule has 342 valence electrons. The van der Waals surface area contributed by atoms with E-state index in [2.05, 4.69) is 148 Å². The van der Waals surface area contributed by atoms with E-state index in [9.17, 15) is 14.7 Å². The van der Waals surface area contributed by atoms with Crippen molar-refractivity contribution in [3.05, 3.63) is 134 Å². The lowest BCUT2D eigenvalue weighted by atomic mass is 10.1. The highest BCUT2D eigenvalue weighted by Crippen LogP contribution is 2.12. The van der Waals surface area contributed by atoms with Crippen molar-refractivity contribution in [2.75, 3.05) is 13.2 Å². The summed E-state index contributed by atoms with van der Waals surface area (Å²) < 4.78 is 10.6. The molecular weight excluding hydrogens is 753 g/mol. The monoisotopic (exact) mass is 841 g/mol. The predicted octanol–water partition coefficient (Wildman–Crippen LogP) is 16.1. The van der Waals surface area contributed by atoms with Crippen LogP contribution in [0.25, 0.3) is 0 Å². The first-order valence-corrected chi connectivity index (χ1v) is 24.2. The lowest BCUT2D eigenvalue weighted by Gasteiger charge is -2.15. The summed E-state index contributed by atoms with van der Waals surface area (Å²) in [4.78, 5) is 24.3. The fraction of sp³-hybridized carbons (Fsp3) is 0.571. The summed E-state index contributed by atoms with van der Waals surface area (Å²) in [6.07, 6.45) is 75.5. The van der Waals surface area contributed by atoms with E-state index in [0.29, 0.717) is 12.8 Å². The van der Waals surface area contributed by atoms with Crippen molar-refractivity contribution in [1.82, 2.24) is 0 Å². The van der Waals surface area contributed by atoms with Gasteiger partial charge in [0.1, 0.15) is 6.61 Å². The average molecular weight is 841 g/mol. The van der Waals surface area contributed by atoms with Gasteiger partial charge in [0.2, 0.25) is 0 Å². The molecule has 5 heteroatoms. The average Bonchev–Trinajstić information content (AvgIpc) is 3.26. The fourth-order valence-electron chi connectivity index (χ4n) is 6.05. The highest BCUT2D eigenvalue weighted by atomic mass is 16.6. The third kappa shape index (κ3) is 48.6. The zero-order valence-corrected chi connectivity index (χ0v) is 38.9. The largest absolute Gasteiger partial charge is 0.462 e. The number of ether oxygens (including phenoxy) is 2. The molecule has 0 aromatic rings. The summed E-state index contributed by atoms with van der Waals surface area (Å²) in [5.74, 6) is -0.633. The number of carbonyl (C=O) groups is 2. The van der Waals surface area contributed by atoms with E-state index in [1.165, 1.54) is 38.5 Å². The van der Waals surface area contributed by atoms with Crippen molar-refractivity contribution in [1.29, 1.82) is 0 Å². The van der Waals surface area contributed by atoms with Gasteiger partial charge in [0, 0.05) is 12.8 Å². The normalized spacial score (nSPS) is 13.4. The molecule has 0 fully saturated rings. The highest BCUT2D eigenvalue weighted by molar-refractivity contribution is 5.70. The van der Waals surface area contributed by atoms with Crippen LogP contribution in [0.2, 0.25) is 0 Å². The summed E-state index contributed by atoms with van der Waals surface area (Å²) in [5.41, 5.74) is 0. The topological polar surface area (TPSA) is 72.8 Å². The number of aliphatic hydroxyl groups excluding tert-OH is 1. The van der Waals surface area contributed by atoms with Crippen LogP contribution in [0.4, 0.5) is 0 Å². The van der Waals surface area contributed by atoms with E-state index in [1.807, 2.05) is 0 Å². The van der Waals surface area contributed by atoms with Gasteiger partial charge < -0.3 is 14.6 Å². The molecule has 5 nitrogen and oxygen atoms in total. The first kappa shape index (κ1) is 57.0. The van der Waals surface area contributed by atoms with Crippen molar-refractivity contribution >= 4 is 11.9 Å². The molecule has 0 bridgehead atoms. The van der Waals surface area contributed by atoms with Crippen molar-refractivity contribution in [2.24, 2.45) is 0 Å². The lowest BCUT2D eigenvalue weighted by Crippen LogP contribution is -2.28. The van der Waals surface area contributed by atoms with Gasteiger partial charge in [-0.1, -0.05) is 199 Å². The third-order valence-corrected chi connectivity index (χ3v) is 9.66. The van der Waals surface area contributed by atoms with Gasteiger partial charge in [-0.05, 0) is 109 Å². The highest BCUT2D eigenvalue weighted by Gasteiger charge is 2.16. The number of esters is 2. The molecule has 1 unspecified atom stereocenters. The Balaban J connectivity index is 3.65. The van der Waals surface area contributed by atoms with Crippen molar-refractivity contribution in [3.8, 4) is 0 Å². The van der Waals surface area contributed by atoms with E-state index in [4.69, 9.17) is 9.47 Å². The first-order valence-electron chi connectivity index (χ1n) is 24.2. The molecule has 1 N–H and O–H groups in total. The Morgan fingerprint density at radius 3 is 1.08 bits per heavy atom. The maximum atomic E-state index is 12.2. The Labute approximate surface area is 375 Å². The number of hydrogen-bond donors (Lipinski definition) is 1. The van der Waals surface area contributed by atoms with Crippen LogP contribution in [0, 0.1) is 0 Å². The minimum atomic E-state index is -0.791. The van der Waals surface area contributed by atoms with Crippen molar-refractivity contribution in [2.45, 2.75) is 193 Å². The predicted molar refractivity (Wildman–Crippen MR) is 264 cm³/mol. The van der Waals surface area contributed by atoms with Gasteiger partial charge in [0.15, 0.2) is 6.10 Å². The van der Waals surface area contributed by atoms with Gasteiger partial charge in [-0.2, -0.15) is 0 Å². The molecule has 61 heavy (non-hydrogen) atoms. The van der Waals surface area contributed by atoms with E-state index in [1.54, 1.807) is 0 Å². The van der Waals surface area contributed by atoms with Crippen LogP contribution in [0.15, 0.2) is 134 Å².